The van der Waals surface area contributed by atoms with E-state index in [0.29, 0.717) is 0 Å². The van der Waals surface area contributed by atoms with Crippen LogP contribution in [0.5, 0.6) is 0 Å². The molecule has 0 spiro atoms. The highest BCUT2D eigenvalue weighted by Gasteiger charge is 2.40. The van der Waals surface area contributed by atoms with Gasteiger partial charge in [0.15, 0.2) is 5.17 Å². The maximum Gasteiger partial charge on any atom is 0.168 e. The minimum Gasteiger partial charge on any atom is -0.318 e. The van der Waals surface area contributed by atoms with Gasteiger partial charge in [-0.15, -0.1) is 11.3 Å². The van der Waals surface area contributed by atoms with Gasteiger partial charge in [0.25, 0.3) is 0 Å². The molecule has 3 heterocycles. The number of fused-ring (bicyclic) bond motifs is 2. The van der Waals surface area contributed by atoms with Crippen molar-refractivity contribution >= 4 is 55.7 Å². The van der Waals surface area contributed by atoms with Gasteiger partial charge in [0, 0.05) is 32.1 Å². The molecule has 0 bridgehead atoms. The fourth-order valence-electron chi connectivity index (χ4n) is 3.14. The molecule has 1 fully saturated rings. The number of aliphatic imine (C=N–C) groups is 1. The van der Waals surface area contributed by atoms with E-state index in [-0.39, 0.29) is 0 Å². The van der Waals surface area contributed by atoms with Crippen LogP contribution in [0.1, 0.15) is 18.4 Å². The van der Waals surface area contributed by atoms with Crippen LogP contribution in [0.25, 0.3) is 15.8 Å². The van der Waals surface area contributed by atoms with E-state index in [0.717, 1.165) is 24.0 Å². The van der Waals surface area contributed by atoms with Crippen LogP contribution < -0.4 is 0 Å². The Morgan fingerprint density at radius 3 is 3.05 bits per heavy atom. The van der Waals surface area contributed by atoms with Crippen molar-refractivity contribution < 1.29 is 0 Å². The molecule has 1 aromatic heterocycles. The van der Waals surface area contributed by atoms with Crippen LogP contribution in [0.4, 0.5) is 0 Å². The van der Waals surface area contributed by atoms with Gasteiger partial charge in [0.1, 0.15) is 0 Å². The monoisotopic (exact) mass is 332 g/mol. The van der Waals surface area contributed by atoms with E-state index < -0.39 is 0 Å². The quantitative estimate of drug-likeness (QED) is 0.764. The molecule has 2 aromatic rings. The van der Waals surface area contributed by atoms with Crippen molar-refractivity contribution in [1.29, 1.82) is 0 Å². The molecule has 2 nitrogen and oxygen atoms in total. The standard InChI is InChI=1S/C16H13ClN2S2/c17-10-7-12(11-3-6-20-13(11)8-10)14-15(9-1-2-9)21-16-18-4-5-19(14)16/h3,6-9H,1-2,4-5H2. The van der Waals surface area contributed by atoms with E-state index in [1.807, 2.05) is 11.8 Å². The van der Waals surface area contributed by atoms with Gasteiger partial charge in [0.2, 0.25) is 0 Å². The fourth-order valence-corrected chi connectivity index (χ4v) is 5.63. The second-order valence-electron chi connectivity index (χ2n) is 5.69. The zero-order chi connectivity index (χ0) is 14.0. The Hall–Kier alpha value is -0.970. The second kappa shape index (κ2) is 4.51. The van der Waals surface area contributed by atoms with Gasteiger partial charge in [-0.25, -0.2) is 0 Å². The summed E-state index contributed by atoms with van der Waals surface area (Å²) in [6.45, 7) is 1.92. The Balaban J connectivity index is 1.78. The lowest BCUT2D eigenvalue weighted by Crippen LogP contribution is -2.20. The first-order valence-corrected chi connectivity index (χ1v) is 9.30. The molecule has 1 aromatic carbocycles. The smallest absolute Gasteiger partial charge is 0.168 e. The molecule has 2 aliphatic heterocycles. The predicted molar refractivity (Wildman–Crippen MR) is 93.1 cm³/mol. The van der Waals surface area contributed by atoms with Crippen molar-refractivity contribution in [2.24, 2.45) is 10.9 Å². The third-order valence-corrected chi connectivity index (χ3v) is 6.61. The van der Waals surface area contributed by atoms with Gasteiger partial charge in [-0.05, 0) is 42.3 Å². The molecular formula is C16H13ClN2S2. The number of thioether (sulfide) groups is 1. The van der Waals surface area contributed by atoms with E-state index in [9.17, 15) is 0 Å². The average Bonchev–Trinajstić information content (AvgIpc) is 2.89. The van der Waals surface area contributed by atoms with Gasteiger partial charge in [-0.2, -0.15) is 0 Å². The van der Waals surface area contributed by atoms with E-state index in [1.54, 1.807) is 11.3 Å². The maximum atomic E-state index is 6.37. The van der Waals surface area contributed by atoms with Crippen molar-refractivity contribution in [1.82, 2.24) is 4.90 Å². The van der Waals surface area contributed by atoms with Gasteiger partial charge < -0.3 is 4.90 Å². The third-order valence-electron chi connectivity index (χ3n) is 4.25. The lowest BCUT2D eigenvalue weighted by Gasteiger charge is -2.18. The molecule has 5 rings (SSSR count). The number of allylic oxidation sites excluding steroid dienone is 1. The van der Waals surface area contributed by atoms with E-state index in [1.165, 1.54) is 44.3 Å². The van der Waals surface area contributed by atoms with Crippen LogP contribution in [-0.2, 0) is 0 Å². The van der Waals surface area contributed by atoms with Gasteiger partial charge in [-0.3, -0.25) is 4.99 Å². The van der Waals surface area contributed by atoms with Gasteiger partial charge in [0.05, 0.1) is 12.2 Å². The topological polar surface area (TPSA) is 15.6 Å². The van der Waals surface area contributed by atoms with Crippen molar-refractivity contribution in [2.45, 2.75) is 12.8 Å². The van der Waals surface area contributed by atoms with Crippen LogP contribution in [-0.4, -0.2) is 23.2 Å². The summed E-state index contributed by atoms with van der Waals surface area (Å²) in [5, 5.41) is 5.50. The van der Waals surface area contributed by atoms with E-state index in [4.69, 9.17) is 11.6 Å². The molecule has 0 radical (unpaired) electrons. The Bertz CT molecular complexity index is 817. The average molecular weight is 333 g/mol. The summed E-state index contributed by atoms with van der Waals surface area (Å²) in [6.07, 6.45) is 2.64. The summed E-state index contributed by atoms with van der Waals surface area (Å²) in [6, 6.07) is 6.43. The summed E-state index contributed by atoms with van der Waals surface area (Å²) in [7, 11) is 0. The molecule has 3 aliphatic rings. The molecule has 5 heteroatoms. The number of halogens is 1. The lowest BCUT2D eigenvalue weighted by molar-refractivity contribution is 0.646. The SMILES string of the molecule is Clc1cc(C2=C(C3CC3)SC3=NCCN32)c2ccsc2c1. The summed E-state index contributed by atoms with van der Waals surface area (Å²) >= 11 is 10.0. The zero-order valence-electron chi connectivity index (χ0n) is 11.3. The third kappa shape index (κ3) is 1.89. The highest BCUT2D eigenvalue weighted by Crippen LogP contribution is 2.53. The molecule has 0 N–H and O–H groups in total. The van der Waals surface area contributed by atoms with Crippen LogP contribution in [0, 0.1) is 5.92 Å². The van der Waals surface area contributed by atoms with Gasteiger partial charge in [-0.1, -0.05) is 23.4 Å². The Labute approximate surface area is 136 Å². The van der Waals surface area contributed by atoms with E-state index >= 15 is 0 Å². The second-order valence-corrected chi connectivity index (χ2v) is 8.08. The fraction of sp³-hybridized carbons (Fsp3) is 0.312. The Morgan fingerprint density at radius 1 is 1.29 bits per heavy atom. The largest absolute Gasteiger partial charge is 0.318 e. The number of hydrogen-bond acceptors (Lipinski definition) is 4. The summed E-state index contributed by atoms with van der Waals surface area (Å²) in [5.74, 6) is 0.742. The molecule has 0 unspecified atom stereocenters. The number of thiophene rings is 1. The predicted octanol–water partition coefficient (Wildman–Crippen LogP) is 5.05. The molecule has 21 heavy (non-hydrogen) atoms. The molecule has 0 saturated heterocycles. The minimum atomic E-state index is 0.742. The molecule has 1 saturated carbocycles. The van der Waals surface area contributed by atoms with E-state index in [2.05, 4.69) is 33.5 Å². The summed E-state index contributed by atoms with van der Waals surface area (Å²) < 4.78 is 1.27. The lowest BCUT2D eigenvalue weighted by atomic mass is 10.0. The molecule has 0 amide bonds. The first kappa shape index (κ1) is 12.6. The summed E-state index contributed by atoms with van der Waals surface area (Å²) in [5.41, 5.74) is 2.67. The van der Waals surface area contributed by atoms with Crippen molar-refractivity contribution in [3.63, 3.8) is 0 Å². The Morgan fingerprint density at radius 2 is 2.19 bits per heavy atom. The highest BCUT2D eigenvalue weighted by atomic mass is 35.5. The van der Waals surface area contributed by atoms with Crippen molar-refractivity contribution in [3.05, 3.63) is 39.1 Å². The number of amidine groups is 1. The molecular weight excluding hydrogens is 320 g/mol. The van der Waals surface area contributed by atoms with Gasteiger partial charge >= 0.3 is 0 Å². The summed E-state index contributed by atoms with van der Waals surface area (Å²) in [4.78, 5) is 8.58. The number of nitrogens with zero attached hydrogens (tertiary/aromatic N) is 2. The number of rotatable bonds is 2. The van der Waals surface area contributed by atoms with Crippen molar-refractivity contribution in [2.75, 3.05) is 13.1 Å². The normalized spacial score (nSPS) is 21.4. The highest BCUT2D eigenvalue weighted by molar-refractivity contribution is 8.17. The zero-order valence-corrected chi connectivity index (χ0v) is 13.7. The van der Waals surface area contributed by atoms with Crippen LogP contribution in [0.15, 0.2) is 33.5 Å². The van der Waals surface area contributed by atoms with Crippen LogP contribution in [0.3, 0.4) is 0 Å². The van der Waals surface area contributed by atoms with Crippen molar-refractivity contribution in [3.8, 4) is 0 Å². The van der Waals surface area contributed by atoms with Crippen LogP contribution in [0.2, 0.25) is 5.02 Å². The first-order chi connectivity index (χ1) is 10.3. The molecule has 1 aliphatic carbocycles. The Kier molecular flexibility index (Phi) is 2.70. The first-order valence-electron chi connectivity index (χ1n) is 7.22. The number of hydrogen-bond donors (Lipinski definition) is 0. The number of benzene rings is 1. The minimum absolute atomic E-state index is 0.742. The molecule has 106 valence electrons. The van der Waals surface area contributed by atoms with Crippen LogP contribution >= 0.6 is 34.7 Å². The molecule has 0 atom stereocenters. The maximum absolute atomic E-state index is 6.37.